The lowest BCUT2D eigenvalue weighted by Crippen LogP contribution is -2.25. The zero-order chi connectivity index (χ0) is 20.4. The summed E-state index contributed by atoms with van der Waals surface area (Å²) in [5.41, 5.74) is 1.13. The summed E-state index contributed by atoms with van der Waals surface area (Å²) >= 11 is 0. The Morgan fingerprint density at radius 1 is 1.21 bits per heavy atom. The molecule has 0 N–H and O–H groups in total. The third-order valence-electron chi connectivity index (χ3n) is 5.45. The van der Waals surface area contributed by atoms with Gasteiger partial charge < -0.3 is 19.1 Å². The van der Waals surface area contributed by atoms with Crippen molar-refractivity contribution in [1.29, 1.82) is 0 Å². The van der Waals surface area contributed by atoms with E-state index < -0.39 is 11.6 Å². The molecule has 29 heavy (non-hydrogen) atoms. The van der Waals surface area contributed by atoms with Gasteiger partial charge in [-0.3, -0.25) is 4.79 Å². The zero-order valence-electron chi connectivity index (χ0n) is 16.2. The van der Waals surface area contributed by atoms with Crippen LogP contribution in [0, 0.1) is 11.6 Å². The number of halogens is 2. The van der Waals surface area contributed by atoms with Crippen LogP contribution in [0.3, 0.4) is 0 Å². The van der Waals surface area contributed by atoms with E-state index in [1.54, 1.807) is 12.0 Å². The largest absolute Gasteiger partial charge is 0.493 e. The van der Waals surface area contributed by atoms with E-state index in [2.05, 4.69) is 0 Å². The molecule has 0 spiro atoms. The summed E-state index contributed by atoms with van der Waals surface area (Å²) < 4.78 is 44.2. The van der Waals surface area contributed by atoms with E-state index >= 15 is 0 Å². The lowest BCUT2D eigenvalue weighted by molar-refractivity contribution is -0.128. The topological polar surface area (TPSA) is 48.0 Å². The number of amides is 1. The number of carbonyl (C=O) groups excluding carboxylic acids is 1. The normalized spacial score (nSPS) is 21.6. The first-order valence-electron chi connectivity index (χ1n) is 9.68. The number of benzene rings is 2. The summed E-state index contributed by atoms with van der Waals surface area (Å²) in [6.07, 6.45) is 1.12. The van der Waals surface area contributed by atoms with Gasteiger partial charge in [0.1, 0.15) is 6.10 Å². The minimum Gasteiger partial charge on any atom is -0.493 e. The maximum Gasteiger partial charge on any atom is 0.223 e. The van der Waals surface area contributed by atoms with Crippen LogP contribution in [0.1, 0.15) is 29.9 Å². The average molecular weight is 403 g/mol. The monoisotopic (exact) mass is 403 g/mol. The second-order valence-corrected chi connectivity index (χ2v) is 7.40. The fourth-order valence-electron chi connectivity index (χ4n) is 3.85. The predicted molar refractivity (Wildman–Crippen MR) is 102 cm³/mol. The van der Waals surface area contributed by atoms with Gasteiger partial charge in [0, 0.05) is 37.4 Å². The smallest absolute Gasteiger partial charge is 0.223 e. The van der Waals surface area contributed by atoms with Crippen molar-refractivity contribution in [3.63, 3.8) is 0 Å². The Kier molecular flexibility index (Phi) is 5.67. The summed E-state index contributed by atoms with van der Waals surface area (Å²) in [6.45, 7) is 1.71. The van der Waals surface area contributed by atoms with E-state index in [0.717, 1.165) is 18.1 Å². The van der Waals surface area contributed by atoms with Gasteiger partial charge in [-0.15, -0.1) is 0 Å². The molecular weight excluding hydrogens is 380 g/mol. The molecule has 4 rings (SSSR count). The van der Waals surface area contributed by atoms with Crippen LogP contribution in [-0.2, 0) is 16.1 Å². The molecule has 1 amide bonds. The Balaban J connectivity index is 1.50. The third kappa shape index (κ3) is 4.19. The lowest BCUT2D eigenvalue weighted by Gasteiger charge is -2.19. The molecular formula is C22H23F2NO4. The van der Waals surface area contributed by atoms with Gasteiger partial charge >= 0.3 is 0 Å². The van der Waals surface area contributed by atoms with E-state index in [-0.39, 0.29) is 30.0 Å². The van der Waals surface area contributed by atoms with Crippen LogP contribution in [0.25, 0.3) is 0 Å². The second-order valence-electron chi connectivity index (χ2n) is 7.40. The molecule has 154 valence electrons. The SMILES string of the molecule is COc1ccc([C@@H]2CC(=O)N(Cc3cccc(F)c3F)C2)cc1O[C@H]1CCOC1. The van der Waals surface area contributed by atoms with E-state index in [0.29, 0.717) is 37.7 Å². The molecule has 0 aromatic heterocycles. The molecule has 2 aliphatic heterocycles. The summed E-state index contributed by atoms with van der Waals surface area (Å²) in [4.78, 5) is 14.1. The number of likely N-dealkylation sites (tertiary alicyclic amines) is 1. The van der Waals surface area contributed by atoms with Gasteiger partial charge in [0.15, 0.2) is 23.1 Å². The Bertz CT molecular complexity index is 898. The number of methoxy groups -OCH3 is 1. The molecule has 5 nitrogen and oxygen atoms in total. The first kappa shape index (κ1) is 19.6. The highest BCUT2D eigenvalue weighted by Crippen LogP contribution is 2.36. The van der Waals surface area contributed by atoms with Crippen molar-refractivity contribution in [1.82, 2.24) is 4.90 Å². The van der Waals surface area contributed by atoms with E-state index in [4.69, 9.17) is 14.2 Å². The first-order chi connectivity index (χ1) is 14.0. The molecule has 2 heterocycles. The summed E-state index contributed by atoms with van der Waals surface area (Å²) in [5, 5.41) is 0. The number of ether oxygens (including phenoxy) is 3. The van der Waals surface area contributed by atoms with Crippen LogP contribution in [-0.4, -0.2) is 43.8 Å². The van der Waals surface area contributed by atoms with E-state index in [1.807, 2.05) is 18.2 Å². The van der Waals surface area contributed by atoms with Crippen molar-refractivity contribution >= 4 is 5.91 Å². The Hall–Kier alpha value is -2.67. The molecule has 0 radical (unpaired) electrons. The molecule has 7 heteroatoms. The standard InChI is InChI=1S/C22H23F2NO4/c1-27-19-6-5-14(9-20(19)29-17-7-8-28-13-17)16-10-21(26)25(12-16)11-15-3-2-4-18(23)22(15)24/h2-6,9,16-17H,7-8,10-13H2,1H3/t16-,17+/m1/s1. The maximum absolute atomic E-state index is 14.0. The van der Waals surface area contributed by atoms with E-state index in [1.165, 1.54) is 12.1 Å². The Labute approximate surface area is 168 Å². The van der Waals surface area contributed by atoms with Gasteiger partial charge in [0.05, 0.1) is 20.3 Å². The van der Waals surface area contributed by atoms with Crippen molar-refractivity contribution in [2.75, 3.05) is 26.9 Å². The minimum absolute atomic E-state index is 0.0168. The van der Waals surface area contributed by atoms with Crippen LogP contribution in [0.4, 0.5) is 8.78 Å². The molecule has 2 aromatic rings. The number of hydrogen-bond acceptors (Lipinski definition) is 4. The lowest BCUT2D eigenvalue weighted by atomic mass is 9.98. The molecule has 2 aliphatic rings. The molecule has 2 aromatic carbocycles. The second kappa shape index (κ2) is 8.37. The Morgan fingerprint density at radius 2 is 2.07 bits per heavy atom. The highest BCUT2D eigenvalue weighted by Gasteiger charge is 2.32. The molecule has 0 bridgehead atoms. The van der Waals surface area contributed by atoms with Crippen molar-refractivity contribution in [2.45, 2.75) is 31.4 Å². The number of hydrogen-bond donors (Lipinski definition) is 0. The summed E-state index contributed by atoms with van der Waals surface area (Å²) in [6, 6.07) is 9.68. The molecule has 2 saturated heterocycles. The summed E-state index contributed by atoms with van der Waals surface area (Å²) in [7, 11) is 1.58. The highest BCUT2D eigenvalue weighted by molar-refractivity contribution is 5.79. The average Bonchev–Trinajstić information content (AvgIpc) is 3.35. The van der Waals surface area contributed by atoms with Gasteiger partial charge in [-0.05, 0) is 23.8 Å². The molecule has 2 fully saturated rings. The number of rotatable bonds is 6. The summed E-state index contributed by atoms with van der Waals surface area (Å²) in [5.74, 6) is -0.680. The van der Waals surface area contributed by atoms with E-state index in [9.17, 15) is 13.6 Å². The number of nitrogens with zero attached hydrogens (tertiary/aromatic N) is 1. The minimum atomic E-state index is -0.904. The quantitative estimate of drug-likeness (QED) is 0.739. The van der Waals surface area contributed by atoms with Gasteiger partial charge in [-0.25, -0.2) is 8.78 Å². The van der Waals surface area contributed by atoms with Gasteiger partial charge in [0.25, 0.3) is 0 Å². The van der Waals surface area contributed by atoms with Crippen molar-refractivity contribution in [3.05, 3.63) is 59.2 Å². The van der Waals surface area contributed by atoms with Gasteiger partial charge in [-0.1, -0.05) is 18.2 Å². The first-order valence-corrected chi connectivity index (χ1v) is 9.68. The van der Waals surface area contributed by atoms with Crippen LogP contribution >= 0.6 is 0 Å². The van der Waals surface area contributed by atoms with Crippen molar-refractivity contribution in [2.24, 2.45) is 0 Å². The molecule has 0 unspecified atom stereocenters. The maximum atomic E-state index is 14.0. The van der Waals surface area contributed by atoms with Crippen LogP contribution in [0.5, 0.6) is 11.5 Å². The highest BCUT2D eigenvalue weighted by atomic mass is 19.2. The number of carbonyl (C=O) groups is 1. The molecule has 2 atom stereocenters. The Morgan fingerprint density at radius 3 is 2.83 bits per heavy atom. The van der Waals surface area contributed by atoms with Gasteiger partial charge in [0.2, 0.25) is 5.91 Å². The van der Waals surface area contributed by atoms with Gasteiger partial charge in [-0.2, -0.15) is 0 Å². The zero-order valence-corrected chi connectivity index (χ0v) is 16.2. The van der Waals surface area contributed by atoms with Crippen LogP contribution in [0.2, 0.25) is 0 Å². The van der Waals surface area contributed by atoms with Crippen molar-refractivity contribution in [3.8, 4) is 11.5 Å². The fourth-order valence-corrected chi connectivity index (χ4v) is 3.85. The molecule has 0 saturated carbocycles. The predicted octanol–water partition coefficient (Wildman–Crippen LogP) is 3.66. The fraction of sp³-hybridized carbons (Fsp3) is 0.409. The van der Waals surface area contributed by atoms with Crippen LogP contribution < -0.4 is 9.47 Å². The third-order valence-corrected chi connectivity index (χ3v) is 5.45. The van der Waals surface area contributed by atoms with Crippen molar-refractivity contribution < 1.29 is 27.8 Å². The molecule has 0 aliphatic carbocycles. The van der Waals surface area contributed by atoms with Crippen LogP contribution in [0.15, 0.2) is 36.4 Å².